The molecule has 138 valence electrons. The topological polar surface area (TPSA) is 69.0 Å². The third kappa shape index (κ3) is 4.24. The first-order valence-corrected chi connectivity index (χ1v) is 8.80. The molecule has 28 heavy (non-hydrogen) atoms. The van der Waals surface area contributed by atoms with Crippen LogP contribution in [0.5, 0.6) is 5.75 Å². The Morgan fingerprint density at radius 2 is 1.79 bits per heavy atom. The van der Waals surface area contributed by atoms with Gasteiger partial charge in [0.2, 0.25) is 0 Å². The molecular weight excluding hydrogens is 352 g/mol. The van der Waals surface area contributed by atoms with Crippen LogP contribution in [0.2, 0.25) is 0 Å². The van der Waals surface area contributed by atoms with E-state index in [9.17, 15) is 4.79 Å². The molecule has 2 aromatic heterocycles. The SMILES string of the molecule is O=C(COc1ccc(-n2ccnc2)cc1)Nc1ccc(-c2ccccn2)cc1. The molecule has 0 saturated heterocycles. The predicted molar refractivity (Wildman–Crippen MR) is 107 cm³/mol. The summed E-state index contributed by atoms with van der Waals surface area (Å²) in [5.74, 6) is 0.411. The second kappa shape index (κ2) is 8.18. The normalized spacial score (nSPS) is 10.4. The van der Waals surface area contributed by atoms with E-state index in [-0.39, 0.29) is 12.5 Å². The van der Waals surface area contributed by atoms with Crippen molar-refractivity contribution in [2.45, 2.75) is 0 Å². The minimum atomic E-state index is -0.218. The highest BCUT2D eigenvalue weighted by Gasteiger charge is 2.05. The molecule has 0 spiro atoms. The van der Waals surface area contributed by atoms with E-state index < -0.39 is 0 Å². The fourth-order valence-electron chi connectivity index (χ4n) is 2.73. The summed E-state index contributed by atoms with van der Waals surface area (Å²) in [6.45, 7) is -0.0631. The Labute approximate surface area is 162 Å². The van der Waals surface area contributed by atoms with Crippen LogP contribution in [-0.4, -0.2) is 27.0 Å². The van der Waals surface area contributed by atoms with E-state index in [4.69, 9.17) is 4.74 Å². The summed E-state index contributed by atoms with van der Waals surface area (Å²) in [5.41, 5.74) is 3.57. The first-order chi connectivity index (χ1) is 13.8. The number of hydrogen-bond acceptors (Lipinski definition) is 4. The van der Waals surface area contributed by atoms with Gasteiger partial charge in [0.25, 0.3) is 5.91 Å². The third-order valence-corrected chi connectivity index (χ3v) is 4.14. The number of rotatable bonds is 6. The molecule has 6 nitrogen and oxygen atoms in total. The monoisotopic (exact) mass is 370 g/mol. The molecule has 0 atom stereocenters. The second-order valence-electron chi connectivity index (χ2n) is 6.09. The lowest BCUT2D eigenvalue weighted by Gasteiger charge is -2.09. The van der Waals surface area contributed by atoms with Crippen molar-refractivity contribution in [3.8, 4) is 22.7 Å². The number of nitrogens with one attached hydrogen (secondary N) is 1. The van der Waals surface area contributed by atoms with Crippen LogP contribution in [0, 0.1) is 0 Å². The molecule has 0 aliphatic heterocycles. The number of nitrogens with zero attached hydrogens (tertiary/aromatic N) is 3. The largest absolute Gasteiger partial charge is 0.484 e. The van der Waals surface area contributed by atoms with Gasteiger partial charge in [-0.2, -0.15) is 0 Å². The number of carbonyl (C=O) groups is 1. The minimum Gasteiger partial charge on any atom is -0.484 e. The highest BCUT2D eigenvalue weighted by molar-refractivity contribution is 5.92. The van der Waals surface area contributed by atoms with E-state index in [1.54, 1.807) is 18.7 Å². The van der Waals surface area contributed by atoms with Crippen LogP contribution in [0.1, 0.15) is 0 Å². The first-order valence-electron chi connectivity index (χ1n) is 8.80. The molecule has 6 heteroatoms. The average molecular weight is 370 g/mol. The molecule has 4 rings (SSSR count). The van der Waals surface area contributed by atoms with Crippen LogP contribution < -0.4 is 10.1 Å². The van der Waals surface area contributed by atoms with Crippen LogP contribution >= 0.6 is 0 Å². The maximum Gasteiger partial charge on any atom is 0.262 e. The van der Waals surface area contributed by atoms with Gasteiger partial charge in [0.05, 0.1) is 12.0 Å². The van der Waals surface area contributed by atoms with Gasteiger partial charge >= 0.3 is 0 Å². The molecule has 1 N–H and O–H groups in total. The van der Waals surface area contributed by atoms with Crippen molar-refractivity contribution in [2.75, 3.05) is 11.9 Å². The van der Waals surface area contributed by atoms with Crippen LogP contribution in [0.4, 0.5) is 5.69 Å². The van der Waals surface area contributed by atoms with Gasteiger partial charge in [0.15, 0.2) is 6.61 Å². The molecule has 0 unspecified atom stereocenters. The van der Waals surface area contributed by atoms with Crippen LogP contribution in [-0.2, 0) is 4.79 Å². The van der Waals surface area contributed by atoms with E-state index in [0.29, 0.717) is 11.4 Å². The summed E-state index contributed by atoms with van der Waals surface area (Å²) in [5, 5.41) is 2.83. The highest BCUT2D eigenvalue weighted by atomic mass is 16.5. The van der Waals surface area contributed by atoms with Crippen LogP contribution in [0.25, 0.3) is 16.9 Å². The number of anilines is 1. The lowest BCUT2D eigenvalue weighted by molar-refractivity contribution is -0.118. The zero-order valence-electron chi connectivity index (χ0n) is 15.0. The maximum atomic E-state index is 12.1. The summed E-state index contributed by atoms with van der Waals surface area (Å²) < 4.78 is 7.45. The van der Waals surface area contributed by atoms with Gasteiger partial charge in [-0.25, -0.2) is 4.98 Å². The molecule has 2 heterocycles. The van der Waals surface area contributed by atoms with E-state index in [2.05, 4.69) is 15.3 Å². The number of aromatic nitrogens is 3. The van der Waals surface area contributed by atoms with Gasteiger partial charge < -0.3 is 14.6 Å². The lowest BCUT2D eigenvalue weighted by atomic mass is 10.1. The second-order valence-corrected chi connectivity index (χ2v) is 6.09. The molecule has 1 amide bonds. The molecule has 0 aliphatic carbocycles. The standard InChI is InChI=1S/C22H18N4O2/c27-22(15-28-20-10-8-19(9-11-20)26-14-13-23-16-26)25-18-6-4-17(5-7-18)21-3-1-2-12-24-21/h1-14,16H,15H2,(H,25,27). The van der Waals surface area contributed by atoms with Crippen molar-refractivity contribution < 1.29 is 9.53 Å². The summed E-state index contributed by atoms with van der Waals surface area (Å²) in [6.07, 6.45) is 7.06. The van der Waals surface area contributed by atoms with Gasteiger partial charge in [0, 0.05) is 35.5 Å². The Balaban J connectivity index is 1.31. The molecule has 0 aliphatic rings. The van der Waals surface area contributed by atoms with E-state index in [1.807, 2.05) is 77.5 Å². The Kier molecular flexibility index (Phi) is 5.11. The van der Waals surface area contributed by atoms with Gasteiger partial charge in [0.1, 0.15) is 5.75 Å². The maximum absolute atomic E-state index is 12.1. The number of ether oxygens (including phenoxy) is 1. The van der Waals surface area contributed by atoms with Crippen molar-refractivity contribution in [1.29, 1.82) is 0 Å². The quantitative estimate of drug-likeness (QED) is 0.558. The Morgan fingerprint density at radius 3 is 2.46 bits per heavy atom. The fourth-order valence-corrected chi connectivity index (χ4v) is 2.73. The summed E-state index contributed by atoms with van der Waals surface area (Å²) in [4.78, 5) is 20.5. The minimum absolute atomic E-state index is 0.0631. The molecule has 4 aromatic rings. The zero-order valence-corrected chi connectivity index (χ0v) is 15.0. The van der Waals surface area contributed by atoms with Gasteiger partial charge in [-0.1, -0.05) is 18.2 Å². The summed E-state index contributed by atoms with van der Waals surface area (Å²) >= 11 is 0. The van der Waals surface area contributed by atoms with Gasteiger partial charge in [-0.05, 0) is 48.5 Å². The Hall–Kier alpha value is -3.93. The Bertz CT molecular complexity index is 1030. The zero-order chi connectivity index (χ0) is 19.2. The molecule has 0 radical (unpaired) electrons. The number of carbonyl (C=O) groups excluding carboxylic acids is 1. The molecule has 0 fully saturated rings. The summed E-state index contributed by atoms with van der Waals surface area (Å²) in [7, 11) is 0. The van der Waals surface area contributed by atoms with Gasteiger partial charge in [-0.15, -0.1) is 0 Å². The average Bonchev–Trinajstić information content (AvgIpc) is 3.29. The van der Waals surface area contributed by atoms with Crippen LogP contribution in [0.3, 0.4) is 0 Å². The van der Waals surface area contributed by atoms with Crippen molar-refractivity contribution in [1.82, 2.24) is 14.5 Å². The van der Waals surface area contributed by atoms with Crippen molar-refractivity contribution >= 4 is 11.6 Å². The summed E-state index contributed by atoms with van der Waals surface area (Å²) in [6, 6.07) is 20.8. The first kappa shape index (κ1) is 17.5. The number of hydrogen-bond donors (Lipinski definition) is 1. The molecule has 0 saturated carbocycles. The molecule has 2 aromatic carbocycles. The smallest absolute Gasteiger partial charge is 0.262 e. The van der Waals surface area contributed by atoms with Gasteiger partial charge in [-0.3, -0.25) is 9.78 Å². The van der Waals surface area contributed by atoms with E-state index in [1.165, 1.54) is 0 Å². The fraction of sp³-hybridized carbons (Fsp3) is 0.0455. The van der Waals surface area contributed by atoms with Crippen molar-refractivity contribution in [3.63, 3.8) is 0 Å². The predicted octanol–water partition coefficient (Wildman–Crippen LogP) is 3.95. The molecular formula is C22H18N4O2. The number of imidazole rings is 1. The van der Waals surface area contributed by atoms with Crippen LogP contribution in [0.15, 0.2) is 91.6 Å². The van der Waals surface area contributed by atoms with Crippen molar-refractivity contribution in [3.05, 3.63) is 91.6 Å². The Morgan fingerprint density at radius 1 is 0.964 bits per heavy atom. The highest BCUT2D eigenvalue weighted by Crippen LogP contribution is 2.19. The number of amides is 1. The third-order valence-electron chi connectivity index (χ3n) is 4.14. The number of benzene rings is 2. The lowest BCUT2D eigenvalue weighted by Crippen LogP contribution is -2.20. The van der Waals surface area contributed by atoms with E-state index in [0.717, 1.165) is 16.9 Å². The van der Waals surface area contributed by atoms with E-state index >= 15 is 0 Å². The molecule has 0 bridgehead atoms. The number of pyridine rings is 1. The van der Waals surface area contributed by atoms with Crippen molar-refractivity contribution in [2.24, 2.45) is 0 Å².